The van der Waals surface area contributed by atoms with Crippen LogP contribution in [0.2, 0.25) is 0 Å². The van der Waals surface area contributed by atoms with E-state index in [1.165, 1.54) is 6.33 Å². The van der Waals surface area contributed by atoms with Gasteiger partial charge in [-0.2, -0.15) is 5.10 Å². The van der Waals surface area contributed by atoms with Gasteiger partial charge in [-0.15, -0.1) is 0 Å². The van der Waals surface area contributed by atoms with Gasteiger partial charge in [0.2, 0.25) is 0 Å². The fraction of sp³-hybridized carbons (Fsp3) is 0.111. The van der Waals surface area contributed by atoms with E-state index in [-0.39, 0.29) is 11.6 Å². The number of halogens is 2. The van der Waals surface area contributed by atoms with Gasteiger partial charge in [-0.25, -0.2) is 14.5 Å². The molecule has 0 radical (unpaired) electrons. The minimum atomic E-state index is -0.332. The maximum atomic E-state index is 13.3. The van der Waals surface area contributed by atoms with E-state index in [4.69, 9.17) is 10.8 Å². The second-order valence-electron chi connectivity index (χ2n) is 6.08. The number of nitrogen functional groups attached to an aromatic ring is 1. The van der Waals surface area contributed by atoms with Crippen molar-refractivity contribution in [3.05, 3.63) is 73.1 Å². The van der Waals surface area contributed by atoms with Gasteiger partial charge in [0.15, 0.2) is 5.82 Å². The molecule has 3 N–H and O–H groups in total. The van der Waals surface area contributed by atoms with Gasteiger partial charge in [0.1, 0.15) is 23.5 Å². The number of hydrogen-bond donors (Lipinski definition) is 2. The van der Waals surface area contributed by atoms with Crippen LogP contribution in [-0.2, 0) is 0 Å². The van der Waals surface area contributed by atoms with Crippen molar-refractivity contribution in [1.82, 2.24) is 24.1 Å². The average Bonchev–Trinajstić information content (AvgIpc) is 3.07. The molecule has 4 rings (SSSR count). The molecule has 0 unspecified atom stereocenters. The monoisotopic (exact) mass is 551 g/mol. The van der Waals surface area contributed by atoms with E-state index in [0.29, 0.717) is 31.0 Å². The van der Waals surface area contributed by atoms with Gasteiger partial charge in [0.05, 0.1) is 19.8 Å². The quantitative estimate of drug-likeness (QED) is 0.377. The third-order valence-electron chi connectivity index (χ3n) is 4.23. The Bertz CT molecular complexity index is 1220. The zero-order valence-electron chi connectivity index (χ0n) is 14.7. The van der Waals surface area contributed by atoms with E-state index in [2.05, 4.69) is 53.8 Å². The number of rotatable bonds is 4. The molecule has 1 atom stereocenters. The van der Waals surface area contributed by atoms with E-state index < -0.39 is 0 Å². The molecule has 0 saturated heterocycles. The van der Waals surface area contributed by atoms with E-state index in [1.807, 2.05) is 37.3 Å². The maximum Gasteiger partial charge on any atom is 0.283 e. The number of fused-ring (bicyclic) bond motifs is 1. The summed E-state index contributed by atoms with van der Waals surface area (Å²) in [6, 6.07) is 10.9. The van der Waals surface area contributed by atoms with Gasteiger partial charge in [-0.1, -0.05) is 18.2 Å². The minimum absolute atomic E-state index is 0.168. The standard InChI is InChI=1S/C18H15BrIN7O/c1-10(24-16-13(20)15(21)22-9-23-16)17-25-26-8-7-12(19)14(26)18(28)27(17)11-5-3-2-4-6-11/h2-10H,1H3,(H3,21,22,23,24)/t10-/m0/s1. The summed E-state index contributed by atoms with van der Waals surface area (Å²) in [6.45, 7) is 1.92. The van der Waals surface area contributed by atoms with Crippen molar-refractivity contribution in [2.45, 2.75) is 13.0 Å². The first kappa shape index (κ1) is 18.9. The number of benzene rings is 1. The molecule has 28 heavy (non-hydrogen) atoms. The molecule has 10 heteroatoms. The van der Waals surface area contributed by atoms with Crippen LogP contribution >= 0.6 is 38.5 Å². The number of para-hydroxylation sites is 1. The lowest BCUT2D eigenvalue weighted by Crippen LogP contribution is -2.29. The van der Waals surface area contributed by atoms with Gasteiger partial charge in [0, 0.05) is 6.20 Å². The number of anilines is 2. The number of hydrogen-bond acceptors (Lipinski definition) is 6. The maximum absolute atomic E-state index is 13.3. The molecular formula is C18H15BrIN7O. The van der Waals surface area contributed by atoms with Crippen LogP contribution in [0.4, 0.5) is 11.6 Å². The van der Waals surface area contributed by atoms with Crippen LogP contribution in [0.15, 0.2) is 58.2 Å². The Balaban J connectivity index is 1.90. The molecule has 0 saturated carbocycles. The second kappa shape index (κ2) is 7.51. The van der Waals surface area contributed by atoms with E-state index in [0.717, 1.165) is 5.69 Å². The highest BCUT2D eigenvalue weighted by Gasteiger charge is 2.21. The van der Waals surface area contributed by atoms with Gasteiger partial charge in [-0.3, -0.25) is 9.36 Å². The molecule has 8 nitrogen and oxygen atoms in total. The van der Waals surface area contributed by atoms with Crippen LogP contribution in [0.5, 0.6) is 0 Å². The Hall–Kier alpha value is -2.47. The summed E-state index contributed by atoms with van der Waals surface area (Å²) in [4.78, 5) is 21.5. The van der Waals surface area contributed by atoms with Crippen molar-refractivity contribution in [3.63, 3.8) is 0 Å². The van der Waals surface area contributed by atoms with Crippen LogP contribution in [0.25, 0.3) is 11.2 Å². The largest absolute Gasteiger partial charge is 0.383 e. The highest BCUT2D eigenvalue weighted by molar-refractivity contribution is 14.1. The minimum Gasteiger partial charge on any atom is -0.383 e. The highest BCUT2D eigenvalue weighted by Crippen LogP contribution is 2.25. The summed E-state index contributed by atoms with van der Waals surface area (Å²) in [5, 5.41) is 7.98. The zero-order chi connectivity index (χ0) is 19.8. The predicted octanol–water partition coefficient (Wildman–Crippen LogP) is 3.40. The molecule has 142 valence electrons. The lowest BCUT2D eigenvalue weighted by atomic mass is 10.2. The highest BCUT2D eigenvalue weighted by atomic mass is 127. The number of nitrogens with two attached hydrogens (primary N) is 1. The third-order valence-corrected chi connectivity index (χ3v) is 5.94. The fourth-order valence-corrected chi connectivity index (χ4v) is 3.81. The Morgan fingerprint density at radius 3 is 2.71 bits per heavy atom. The molecule has 3 aromatic heterocycles. The second-order valence-corrected chi connectivity index (χ2v) is 8.01. The molecule has 0 bridgehead atoms. The third kappa shape index (κ3) is 3.26. The van der Waals surface area contributed by atoms with Gasteiger partial charge in [0.25, 0.3) is 5.56 Å². The van der Waals surface area contributed by atoms with Crippen LogP contribution in [0, 0.1) is 3.57 Å². The Labute approximate surface area is 182 Å². The smallest absolute Gasteiger partial charge is 0.283 e. The molecule has 0 aliphatic rings. The average molecular weight is 552 g/mol. The normalized spacial score (nSPS) is 12.2. The molecule has 0 aliphatic carbocycles. The molecule has 3 heterocycles. The summed E-state index contributed by atoms with van der Waals surface area (Å²) in [5.74, 6) is 1.52. The molecule has 1 aromatic carbocycles. The molecule has 0 amide bonds. The van der Waals surface area contributed by atoms with E-state index in [9.17, 15) is 4.79 Å². The summed E-state index contributed by atoms with van der Waals surface area (Å²) >= 11 is 5.52. The van der Waals surface area contributed by atoms with Gasteiger partial charge >= 0.3 is 0 Å². The number of aromatic nitrogens is 5. The van der Waals surface area contributed by atoms with Gasteiger partial charge < -0.3 is 11.1 Å². The molecule has 4 aromatic rings. The first-order chi connectivity index (χ1) is 13.5. The van der Waals surface area contributed by atoms with E-state index in [1.54, 1.807) is 21.3 Å². The van der Waals surface area contributed by atoms with E-state index >= 15 is 0 Å². The predicted molar refractivity (Wildman–Crippen MR) is 120 cm³/mol. The van der Waals surface area contributed by atoms with Crippen LogP contribution in [-0.4, -0.2) is 24.1 Å². The number of nitrogens with one attached hydrogen (secondary N) is 1. The molecule has 0 fully saturated rings. The Kier molecular flexibility index (Phi) is 5.06. The Morgan fingerprint density at radius 1 is 1.21 bits per heavy atom. The molecule has 0 spiro atoms. The summed E-state index contributed by atoms with van der Waals surface area (Å²) in [7, 11) is 0. The Morgan fingerprint density at radius 2 is 1.96 bits per heavy atom. The molecule has 0 aliphatic heterocycles. The topological polar surface area (TPSA) is 103 Å². The fourth-order valence-electron chi connectivity index (χ4n) is 2.91. The van der Waals surface area contributed by atoms with Crippen molar-refractivity contribution in [3.8, 4) is 5.69 Å². The first-order valence-electron chi connectivity index (χ1n) is 8.35. The van der Waals surface area contributed by atoms with Crippen LogP contribution < -0.4 is 16.6 Å². The lowest BCUT2D eigenvalue weighted by molar-refractivity contribution is 0.672. The molecular weight excluding hydrogens is 537 g/mol. The van der Waals surface area contributed by atoms with Crippen LogP contribution in [0.3, 0.4) is 0 Å². The van der Waals surface area contributed by atoms with Gasteiger partial charge in [-0.05, 0) is 63.6 Å². The summed E-state index contributed by atoms with van der Waals surface area (Å²) < 4.78 is 4.60. The van der Waals surface area contributed by atoms with Crippen molar-refractivity contribution >= 4 is 55.7 Å². The summed E-state index contributed by atoms with van der Waals surface area (Å²) in [6.07, 6.45) is 3.15. The number of nitrogens with zero attached hydrogens (tertiary/aromatic N) is 5. The van der Waals surface area contributed by atoms with Crippen molar-refractivity contribution in [2.75, 3.05) is 11.1 Å². The zero-order valence-corrected chi connectivity index (χ0v) is 18.4. The van der Waals surface area contributed by atoms with Crippen molar-refractivity contribution in [1.29, 1.82) is 0 Å². The first-order valence-corrected chi connectivity index (χ1v) is 10.2. The van der Waals surface area contributed by atoms with Crippen LogP contribution in [0.1, 0.15) is 18.8 Å². The van der Waals surface area contributed by atoms with Crippen molar-refractivity contribution < 1.29 is 0 Å². The van der Waals surface area contributed by atoms with Crippen molar-refractivity contribution in [2.24, 2.45) is 0 Å². The summed E-state index contributed by atoms with van der Waals surface area (Å²) in [5.41, 5.74) is 6.92. The SMILES string of the molecule is C[C@H](Nc1ncnc(N)c1I)c1nn2ccc(Br)c2c(=O)n1-c1ccccc1. The lowest BCUT2D eigenvalue weighted by Gasteiger charge is -2.20.